The summed E-state index contributed by atoms with van der Waals surface area (Å²) >= 11 is 3.30. The highest BCUT2D eigenvalue weighted by molar-refractivity contribution is 9.10. The number of aromatic nitrogens is 1. The molecule has 70 valence electrons. The summed E-state index contributed by atoms with van der Waals surface area (Å²) in [7, 11) is 0. The zero-order valence-corrected chi connectivity index (χ0v) is 8.56. The maximum atomic E-state index is 10.5. The molecule has 0 saturated carbocycles. The third kappa shape index (κ3) is 1.58. The van der Waals surface area contributed by atoms with E-state index in [-0.39, 0.29) is 5.69 Å². The van der Waals surface area contributed by atoms with Crippen molar-refractivity contribution in [2.75, 3.05) is 0 Å². The quantitative estimate of drug-likeness (QED) is 0.579. The molecule has 2 aromatic rings. The fourth-order valence-electron chi connectivity index (χ4n) is 1.19. The van der Waals surface area contributed by atoms with Crippen LogP contribution in [0.2, 0.25) is 0 Å². The average Bonchev–Trinajstić information content (AvgIpc) is 2.16. The van der Waals surface area contributed by atoms with Crippen molar-refractivity contribution in [3.05, 3.63) is 45.0 Å². The van der Waals surface area contributed by atoms with Gasteiger partial charge in [0.25, 0.3) is 5.69 Å². The van der Waals surface area contributed by atoms with Gasteiger partial charge in [0, 0.05) is 15.9 Å². The van der Waals surface area contributed by atoms with Gasteiger partial charge in [0.1, 0.15) is 6.20 Å². The monoisotopic (exact) mass is 252 g/mol. The van der Waals surface area contributed by atoms with Gasteiger partial charge in [-0.05, 0) is 18.2 Å². The Labute approximate surface area is 87.9 Å². The van der Waals surface area contributed by atoms with Gasteiger partial charge in [0.05, 0.1) is 10.4 Å². The maximum Gasteiger partial charge on any atom is 0.288 e. The largest absolute Gasteiger partial charge is 0.288 e. The molecule has 2 rings (SSSR count). The lowest BCUT2D eigenvalue weighted by atomic mass is 10.2. The molecule has 1 aromatic carbocycles. The van der Waals surface area contributed by atoms with Crippen LogP contribution in [0.25, 0.3) is 10.9 Å². The molecule has 0 N–H and O–H groups in total. The van der Waals surface area contributed by atoms with Crippen LogP contribution in [-0.4, -0.2) is 9.91 Å². The van der Waals surface area contributed by atoms with E-state index in [9.17, 15) is 10.1 Å². The van der Waals surface area contributed by atoms with Crippen LogP contribution in [0.15, 0.2) is 34.9 Å². The predicted molar refractivity (Wildman–Crippen MR) is 56.1 cm³/mol. The molecule has 0 aliphatic carbocycles. The molecule has 0 atom stereocenters. The van der Waals surface area contributed by atoms with E-state index in [0.717, 1.165) is 15.4 Å². The molecule has 0 spiro atoms. The molecule has 4 nitrogen and oxygen atoms in total. The number of benzene rings is 1. The maximum absolute atomic E-state index is 10.5. The first-order chi connectivity index (χ1) is 6.66. The van der Waals surface area contributed by atoms with Crippen molar-refractivity contribution in [1.29, 1.82) is 0 Å². The SMILES string of the molecule is O=[N+]([O-])c1cnc2ccc(Br)cc2c1. The lowest BCUT2D eigenvalue weighted by Gasteiger charge is -1.97. The van der Waals surface area contributed by atoms with E-state index in [2.05, 4.69) is 20.9 Å². The van der Waals surface area contributed by atoms with Gasteiger partial charge < -0.3 is 0 Å². The Hall–Kier alpha value is -1.49. The van der Waals surface area contributed by atoms with E-state index >= 15 is 0 Å². The first-order valence-corrected chi connectivity index (χ1v) is 4.66. The number of nitrogens with zero attached hydrogens (tertiary/aromatic N) is 2. The number of fused-ring (bicyclic) bond motifs is 1. The lowest BCUT2D eigenvalue weighted by molar-refractivity contribution is -0.385. The summed E-state index contributed by atoms with van der Waals surface area (Å²) in [6, 6.07) is 6.97. The fourth-order valence-corrected chi connectivity index (χ4v) is 1.57. The minimum atomic E-state index is -0.451. The van der Waals surface area contributed by atoms with Crippen molar-refractivity contribution in [3.63, 3.8) is 0 Å². The Bertz CT molecular complexity index is 513. The van der Waals surface area contributed by atoms with Crippen LogP contribution in [-0.2, 0) is 0 Å². The van der Waals surface area contributed by atoms with Crippen LogP contribution in [0, 0.1) is 10.1 Å². The van der Waals surface area contributed by atoms with Gasteiger partial charge in [-0.15, -0.1) is 0 Å². The molecule has 5 heteroatoms. The number of rotatable bonds is 1. The topological polar surface area (TPSA) is 56.0 Å². The zero-order valence-electron chi connectivity index (χ0n) is 6.98. The van der Waals surface area contributed by atoms with Gasteiger partial charge >= 0.3 is 0 Å². The predicted octanol–water partition coefficient (Wildman–Crippen LogP) is 2.91. The van der Waals surface area contributed by atoms with E-state index in [1.165, 1.54) is 12.3 Å². The van der Waals surface area contributed by atoms with Gasteiger partial charge in [-0.3, -0.25) is 10.1 Å². The van der Waals surface area contributed by atoms with Crippen molar-refractivity contribution >= 4 is 32.5 Å². The van der Waals surface area contributed by atoms with E-state index in [0.29, 0.717) is 0 Å². The van der Waals surface area contributed by atoms with E-state index in [1.807, 2.05) is 12.1 Å². The minimum Gasteiger partial charge on any atom is -0.258 e. The van der Waals surface area contributed by atoms with Gasteiger partial charge in [0.2, 0.25) is 0 Å². The van der Waals surface area contributed by atoms with Crippen molar-refractivity contribution in [1.82, 2.24) is 4.98 Å². The number of hydrogen-bond acceptors (Lipinski definition) is 3. The van der Waals surface area contributed by atoms with Crippen LogP contribution < -0.4 is 0 Å². The molecule has 0 amide bonds. The Morgan fingerprint density at radius 3 is 2.86 bits per heavy atom. The van der Waals surface area contributed by atoms with Crippen LogP contribution in [0.3, 0.4) is 0 Å². The molecule has 0 unspecified atom stereocenters. The summed E-state index contributed by atoms with van der Waals surface area (Å²) in [4.78, 5) is 14.0. The second-order valence-electron chi connectivity index (χ2n) is 2.79. The van der Waals surface area contributed by atoms with E-state index in [4.69, 9.17) is 0 Å². The summed E-state index contributed by atoms with van der Waals surface area (Å²) in [5.74, 6) is 0. The van der Waals surface area contributed by atoms with Crippen LogP contribution in [0.1, 0.15) is 0 Å². The Morgan fingerprint density at radius 1 is 1.36 bits per heavy atom. The number of pyridine rings is 1. The third-order valence-electron chi connectivity index (χ3n) is 1.84. The molecular weight excluding hydrogens is 248 g/mol. The smallest absolute Gasteiger partial charge is 0.258 e. The Kier molecular flexibility index (Phi) is 2.17. The number of nitro groups is 1. The first-order valence-electron chi connectivity index (χ1n) is 3.86. The standard InChI is InChI=1S/C9H5BrN2O2/c10-7-1-2-9-6(3-7)4-8(5-11-9)12(13)14/h1-5H. The molecular formula is C9H5BrN2O2. The van der Waals surface area contributed by atoms with Crippen LogP contribution >= 0.6 is 15.9 Å². The molecule has 0 saturated heterocycles. The Morgan fingerprint density at radius 2 is 2.14 bits per heavy atom. The van der Waals surface area contributed by atoms with Crippen molar-refractivity contribution < 1.29 is 4.92 Å². The zero-order chi connectivity index (χ0) is 10.1. The van der Waals surface area contributed by atoms with E-state index < -0.39 is 4.92 Å². The summed E-state index contributed by atoms with van der Waals surface area (Å²) < 4.78 is 0.882. The highest BCUT2D eigenvalue weighted by Gasteiger charge is 2.06. The molecule has 0 fully saturated rings. The van der Waals surface area contributed by atoms with Gasteiger partial charge in [-0.1, -0.05) is 15.9 Å². The lowest BCUT2D eigenvalue weighted by Crippen LogP contribution is -1.89. The fraction of sp³-hybridized carbons (Fsp3) is 0. The normalized spacial score (nSPS) is 10.4. The number of halogens is 1. The highest BCUT2D eigenvalue weighted by Crippen LogP contribution is 2.21. The van der Waals surface area contributed by atoms with Crippen LogP contribution in [0.5, 0.6) is 0 Å². The van der Waals surface area contributed by atoms with E-state index in [1.54, 1.807) is 6.07 Å². The minimum absolute atomic E-state index is 0.00981. The average molecular weight is 253 g/mol. The summed E-state index contributed by atoms with van der Waals surface area (Å²) in [6.45, 7) is 0. The van der Waals surface area contributed by atoms with Gasteiger partial charge in [-0.25, -0.2) is 4.98 Å². The third-order valence-corrected chi connectivity index (χ3v) is 2.33. The summed E-state index contributed by atoms with van der Waals surface area (Å²) in [5, 5.41) is 11.2. The van der Waals surface area contributed by atoms with Crippen molar-refractivity contribution in [2.24, 2.45) is 0 Å². The molecule has 1 aromatic heterocycles. The molecule has 14 heavy (non-hydrogen) atoms. The molecule has 0 radical (unpaired) electrons. The molecule has 0 aliphatic heterocycles. The molecule has 0 aliphatic rings. The second kappa shape index (κ2) is 3.34. The van der Waals surface area contributed by atoms with Gasteiger partial charge in [-0.2, -0.15) is 0 Å². The van der Waals surface area contributed by atoms with Crippen molar-refractivity contribution in [2.45, 2.75) is 0 Å². The van der Waals surface area contributed by atoms with Crippen molar-refractivity contribution in [3.8, 4) is 0 Å². The van der Waals surface area contributed by atoms with Crippen LogP contribution in [0.4, 0.5) is 5.69 Å². The second-order valence-corrected chi connectivity index (χ2v) is 3.70. The Balaban J connectivity index is 2.69. The molecule has 1 heterocycles. The molecule has 0 bridgehead atoms. The summed E-state index contributed by atoms with van der Waals surface area (Å²) in [6.07, 6.45) is 1.26. The highest BCUT2D eigenvalue weighted by atomic mass is 79.9. The summed E-state index contributed by atoms with van der Waals surface area (Å²) in [5.41, 5.74) is 0.759. The first kappa shape index (κ1) is 9.08. The van der Waals surface area contributed by atoms with Gasteiger partial charge in [0.15, 0.2) is 0 Å². The number of hydrogen-bond donors (Lipinski definition) is 0.